The first kappa shape index (κ1) is 31.2. The van der Waals surface area contributed by atoms with Crippen LogP contribution in [0.25, 0.3) is 0 Å². The Balaban J connectivity index is 3.63. The smallest absolute Gasteiger partial charge is 0.306 e. The van der Waals surface area contributed by atoms with E-state index in [4.69, 9.17) is 4.74 Å². The summed E-state index contributed by atoms with van der Waals surface area (Å²) >= 11 is 0. The van der Waals surface area contributed by atoms with E-state index < -0.39 is 33.1 Å². The predicted molar refractivity (Wildman–Crippen MR) is 124 cm³/mol. The van der Waals surface area contributed by atoms with Crippen molar-refractivity contribution in [2.24, 2.45) is 0 Å². The molecule has 0 heterocycles. The zero-order chi connectivity index (χ0) is 23.9. The largest absolute Gasteiger partial charge is 0.756 e. The highest BCUT2D eigenvalue weighted by atomic mass is 31.2. The molecule has 0 spiro atoms. The first-order valence-electron chi connectivity index (χ1n) is 12.3. The number of aliphatic hydroxyl groups excluding tert-OH is 1. The number of allylic oxidation sites excluding steroid dienone is 2. The molecule has 0 aliphatic heterocycles. The Morgan fingerprint density at radius 3 is 2.09 bits per heavy atom. The number of phosphoric ester groups is 1. The Hall–Kier alpha value is -0.760. The van der Waals surface area contributed by atoms with E-state index in [0.29, 0.717) is 6.42 Å². The third-order valence-electron chi connectivity index (χ3n) is 4.96. The summed E-state index contributed by atoms with van der Waals surface area (Å²) in [5, 5.41) is 9.25. The van der Waals surface area contributed by atoms with Gasteiger partial charge >= 0.3 is 5.97 Å². The summed E-state index contributed by atoms with van der Waals surface area (Å²) in [6.07, 6.45) is 19.1. The van der Waals surface area contributed by atoms with E-state index in [2.05, 4.69) is 33.9 Å². The van der Waals surface area contributed by atoms with Gasteiger partial charge in [0.25, 0.3) is 7.82 Å². The summed E-state index contributed by atoms with van der Waals surface area (Å²) in [6.45, 7) is 1.45. The standard InChI is InChI=1S/C23H46NO7P/c1-2-3-4-5-6-7-8-9-10-11-12-13-14-15-16-17-23(26)31-22(20-25)21-30-32(27,28)29-19-18-24/h9-10,22,25H,2-8,11-21,24H2,1H3,(H,27,28)/b10-9+/t22-/m1/s1. The molecule has 8 nitrogen and oxygen atoms in total. The minimum atomic E-state index is -4.47. The SMILES string of the molecule is CCCCCCCC/C=C/CCCCCCCC(=O)O[C@H](CO)COP(=O)([O-])OCC[NH3+]. The fourth-order valence-electron chi connectivity index (χ4n) is 3.10. The fraction of sp³-hybridized carbons (Fsp3) is 0.870. The molecule has 4 N–H and O–H groups in total. The molecule has 0 aliphatic carbocycles. The van der Waals surface area contributed by atoms with Gasteiger partial charge in [0.15, 0.2) is 0 Å². The molecule has 32 heavy (non-hydrogen) atoms. The van der Waals surface area contributed by atoms with Crippen LogP contribution < -0.4 is 10.6 Å². The Kier molecular flexibility index (Phi) is 21.5. The van der Waals surface area contributed by atoms with Crippen molar-refractivity contribution in [1.82, 2.24) is 0 Å². The molecule has 0 fully saturated rings. The van der Waals surface area contributed by atoms with E-state index in [1.54, 1.807) is 0 Å². The Morgan fingerprint density at radius 1 is 0.969 bits per heavy atom. The second kappa shape index (κ2) is 22.1. The minimum absolute atomic E-state index is 0.0835. The third-order valence-corrected chi connectivity index (χ3v) is 5.92. The van der Waals surface area contributed by atoms with E-state index in [1.807, 2.05) is 0 Å². The predicted octanol–water partition coefficient (Wildman–Crippen LogP) is 3.67. The van der Waals surface area contributed by atoms with Crippen molar-refractivity contribution in [2.45, 2.75) is 103 Å². The van der Waals surface area contributed by atoms with Crippen molar-refractivity contribution in [3.05, 3.63) is 12.2 Å². The van der Waals surface area contributed by atoms with Crippen molar-refractivity contribution >= 4 is 13.8 Å². The molecule has 0 aromatic heterocycles. The van der Waals surface area contributed by atoms with E-state index >= 15 is 0 Å². The summed E-state index contributed by atoms with van der Waals surface area (Å²) in [5.41, 5.74) is 3.47. The molecule has 0 saturated heterocycles. The molecular formula is C23H46NO7P. The maximum absolute atomic E-state index is 11.9. The quantitative estimate of drug-likeness (QED) is 0.0988. The van der Waals surface area contributed by atoms with Gasteiger partial charge in [-0.15, -0.1) is 0 Å². The second-order valence-electron chi connectivity index (χ2n) is 8.06. The summed E-state index contributed by atoms with van der Waals surface area (Å²) in [6, 6.07) is 0. The van der Waals surface area contributed by atoms with Gasteiger partial charge in [-0.25, -0.2) is 0 Å². The highest BCUT2D eigenvalue weighted by Crippen LogP contribution is 2.37. The lowest BCUT2D eigenvalue weighted by atomic mass is 10.1. The third kappa shape index (κ3) is 21.1. The molecule has 0 aliphatic rings. The molecule has 1 unspecified atom stereocenters. The Morgan fingerprint density at radius 2 is 1.53 bits per heavy atom. The normalized spacial score (nSPS) is 14.5. The van der Waals surface area contributed by atoms with Crippen molar-refractivity contribution in [2.75, 3.05) is 26.4 Å². The molecule has 0 amide bonds. The molecule has 0 aromatic rings. The topological polar surface area (TPSA) is 133 Å². The van der Waals surface area contributed by atoms with Crippen molar-refractivity contribution in [3.63, 3.8) is 0 Å². The Labute approximate surface area is 194 Å². The zero-order valence-corrected chi connectivity index (χ0v) is 20.9. The van der Waals surface area contributed by atoms with Crippen LogP contribution in [0.5, 0.6) is 0 Å². The highest BCUT2D eigenvalue weighted by molar-refractivity contribution is 7.45. The monoisotopic (exact) mass is 479 g/mol. The molecule has 0 saturated carbocycles. The lowest BCUT2D eigenvalue weighted by molar-refractivity contribution is -0.373. The molecule has 190 valence electrons. The summed E-state index contributed by atoms with van der Waals surface area (Å²) < 4.78 is 25.7. The molecular weight excluding hydrogens is 433 g/mol. The summed E-state index contributed by atoms with van der Waals surface area (Å²) in [4.78, 5) is 23.3. The van der Waals surface area contributed by atoms with Gasteiger partial charge in [-0.1, -0.05) is 70.4 Å². The first-order chi connectivity index (χ1) is 15.4. The van der Waals surface area contributed by atoms with Crippen LogP contribution in [0.2, 0.25) is 0 Å². The van der Waals surface area contributed by atoms with Gasteiger partial charge in [0.05, 0.1) is 19.8 Å². The number of quaternary nitrogens is 1. The van der Waals surface area contributed by atoms with Crippen LogP contribution in [0.4, 0.5) is 0 Å². The van der Waals surface area contributed by atoms with E-state index in [9.17, 15) is 19.4 Å². The van der Waals surface area contributed by atoms with Crippen molar-refractivity contribution < 1.29 is 38.9 Å². The molecule has 9 heteroatoms. The van der Waals surface area contributed by atoms with Crippen LogP contribution in [0, 0.1) is 0 Å². The number of carbonyl (C=O) groups is 1. The number of hydrogen-bond donors (Lipinski definition) is 2. The fourth-order valence-corrected chi connectivity index (χ4v) is 3.87. The molecule has 0 rings (SSSR count). The van der Waals surface area contributed by atoms with Gasteiger partial charge in [-0.3, -0.25) is 9.36 Å². The van der Waals surface area contributed by atoms with Gasteiger partial charge in [0.1, 0.15) is 12.7 Å². The maximum Gasteiger partial charge on any atom is 0.306 e. The molecule has 2 atom stereocenters. The number of aliphatic hydroxyl groups is 1. The zero-order valence-electron chi connectivity index (χ0n) is 20.0. The Bertz CT molecular complexity index is 517. The summed E-state index contributed by atoms with van der Waals surface area (Å²) in [7, 11) is -4.47. The number of unbranched alkanes of at least 4 members (excludes halogenated alkanes) is 11. The lowest BCUT2D eigenvalue weighted by Gasteiger charge is -2.24. The van der Waals surface area contributed by atoms with Gasteiger partial charge in [0.2, 0.25) is 0 Å². The number of rotatable bonds is 23. The first-order valence-corrected chi connectivity index (χ1v) is 13.8. The van der Waals surface area contributed by atoms with E-state index in [0.717, 1.165) is 32.1 Å². The van der Waals surface area contributed by atoms with Crippen LogP contribution in [0.3, 0.4) is 0 Å². The van der Waals surface area contributed by atoms with Gasteiger partial charge in [-0.2, -0.15) is 0 Å². The minimum Gasteiger partial charge on any atom is -0.756 e. The van der Waals surface area contributed by atoms with Crippen LogP contribution in [-0.2, 0) is 23.1 Å². The number of hydrogen-bond acceptors (Lipinski definition) is 7. The summed E-state index contributed by atoms with van der Waals surface area (Å²) in [5.74, 6) is -0.468. The second-order valence-corrected chi connectivity index (χ2v) is 9.47. The number of carbonyl (C=O) groups excluding carboxylic acids is 1. The van der Waals surface area contributed by atoms with Crippen LogP contribution >= 0.6 is 7.82 Å². The maximum atomic E-state index is 11.9. The van der Waals surface area contributed by atoms with E-state index in [1.165, 1.54) is 44.9 Å². The van der Waals surface area contributed by atoms with Crippen LogP contribution in [-0.4, -0.2) is 43.5 Å². The molecule has 0 aromatic carbocycles. The van der Waals surface area contributed by atoms with E-state index in [-0.39, 0.29) is 19.6 Å². The number of phosphoric acid groups is 1. The molecule has 0 bridgehead atoms. The number of ether oxygens (including phenoxy) is 1. The average Bonchev–Trinajstić information content (AvgIpc) is 2.77. The number of esters is 1. The van der Waals surface area contributed by atoms with Crippen molar-refractivity contribution in [3.8, 4) is 0 Å². The average molecular weight is 480 g/mol. The van der Waals surface area contributed by atoms with Crippen LogP contribution in [0.1, 0.15) is 96.8 Å². The van der Waals surface area contributed by atoms with Gasteiger partial charge in [0, 0.05) is 6.42 Å². The lowest BCUT2D eigenvalue weighted by Crippen LogP contribution is -2.52. The van der Waals surface area contributed by atoms with Gasteiger partial charge in [-0.05, 0) is 32.1 Å². The molecule has 0 radical (unpaired) electrons. The highest BCUT2D eigenvalue weighted by Gasteiger charge is 2.18. The van der Waals surface area contributed by atoms with Crippen molar-refractivity contribution in [1.29, 1.82) is 0 Å². The van der Waals surface area contributed by atoms with Gasteiger partial charge < -0.3 is 29.5 Å². The van der Waals surface area contributed by atoms with Crippen LogP contribution in [0.15, 0.2) is 12.2 Å².